The summed E-state index contributed by atoms with van der Waals surface area (Å²) >= 11 is 0. The van der Waals surface area contributed by atoms with Gasteiger partial charge in [-0.1, -0.05) is 0 Å². The zero-order valence-electron chi connectivity index (χ0n) is 8.62. The number of nitrogens with one attached hydrogen (secondary N) is 1. The second-order valence-electron chi connectivity index (χ2n) is 4.39. The Hall–Kier alpha value is -0.650. The Kier molecular flexibility index (Phi) is 2.47. The predicted molar refractivity (Wildman–Crippen MR) is 53.4 cm³/mol. The molecule has 2 fully saturated rings. The van der Waals surface area contributed by atoms with Crippen molar-refractivity contribution >= 4 is 5.91 Å². The van der Waals surface area contributed by atoms with Crippen LogP contribution < -0.4 is 11.2 Å². The van der Waals surface area contributed by atoms with Gasteiger partial charge in [-0.25, -0.2) is 5.01 Å². The molecule has 0 aromatic heterocycles. The first kappa shape index (κ1) is 9.89. The van der Waals surface area contributed by atoms with Gasteiger partial charge in [0, 0.05) is 26.2 Å². The molecule has 3 N–H and O–H groups in total. The fraction of sp³-hybridized carbons (Fsp3) is 0.889. The van der Waals surface area contributed by atoms with Crippen molar-refractivity contribution in [2.75, 3.05) is 33.2 Å². The topological polar surface area (TPSA) is 61.6 Å². The van der Waals surface area contributed by atoms with Gasteiger partial charge in [-0.2, -0.15) is 0 Å². The van der Waals surface area contributed by atoms with Crippen LogP contribution in [0.5, 0.6) is 0 Å². The smallest absolute Gasteiger partial charge is 0.254 e. The van der Waals surface area contributed by atoms with E-state index in [1.165, 1.54) is 0 Å². The molecule has 5 nitrogen and oxygen atoms in total. The number of amides is 1. The molecule has 1 saturated heterocycles. The molecule has 1 saturated carbocycles. The van der Waals surface area contributed by atoms with Gasteiger partial charge in [0.25, 0.3) is 5.91 Å². The summed E-state index contributed by atoms with van der Waals surface area (Å²) in [5.74, 6) is -0.0120. The van der Waals surface area contributed by atoms with Crippen molar-refractivity contribution in [2.24, 2.45) is 5.73 Å². The summed E-state index contributed by atoms with van der Waals surface area (Å²) in [6.07, 6.45) is 1.65. The summed E-state index contributed by atoms with van der Waals surface area (Å²) in [6.45, 7) is 3.77. The second kappa shape index (κ2) is 3.49. The molecular weight excluding hydrogens is 180 g/mol. The summed E-state index contributed by atoms with van der Waals surface area (Å²) in [4.78, 5) is 13.8. The average molecular weight is 198 g/mol. The molecule has 80 valence electrons. The van der Waals surface area contributed by atoms with E-state index in [2.05, 4.69) is 17.4 Å². The molecule has 1 aliphatic heterocycles. The van der Waals surface area contributed by atoms with Gasteiger partial charge in [0.1, 0.15) is 0 Å². The molecule has 1 heterocycles. The molecule has 14 heavy (non-hydrogen) atoms. The van der Waals surface area contributed by atoms with Gasteiger partial charge in [-0.05, 0) is 19.9 Å². The van der Waals surface area contributed by atoms with Crippen LogP contribution in [0.4, 0.5) is 0 Å². The summed E-state index contributed by atoms with van der Waals surface area (Å²) in [5.41, 5.74) is 8.12. The highest BCUT2D eigenvalue weighted by molar-refractivity contribution is 5.88. The lowest BCUT2D eigenvalue weighted by atomic mass is 10.3. The Balaban J connectivity index is 1.78. The first-order chi connectivity index (χ1) is 6.60. The van der Waals surface area contributed by atoms with Crippen LogP contribution in [-0.2, 0) is 4.79 Å². The van der Waals surface area contributed by atoms with Crippen molar-refractivity contribution in [1.29, 1.82) is 0 Å². The minimum atomic E-state index is -0.552. The van der Waals surface area contributed by atoms with Gasteiger partial charge in [-0.3, -0.25) is 10.2 Å². The maximum Gasteiger partial charge on any atom is 0.254 e. The van der Waals surface area contributed by atoms with E-state index in [-0.39, 0.29) is 5.91 Å². The minimum absolute atomic E-state index is 0.0120. The van der Waals surface area contributed by atoms with Crippen LogP contribution in [0.25, 0.3) is 0 Å². The number of hydrazine groups is 1. The molecule has 0 unspecified atom stereocenters. The van der Waals surface area contributed by atoms with Crippen molar-refractivity contribution in [2.45, 2.75) is 18.4 Å². The maximum absolute atomic E-state index is 11.6. The zero-order valence-corrected chi connectivity index (χ0v) is 8.62. The fourth-order valence-electron chi connectivity index (χ4n) is 1.53. The molecule has 2 aliphatic rings. The molecule has 0 aromatic carbocycles. The van der Waals surface area contributed by atoms with Gasteiger partial charge in [-0.15, -0.1) is 0 Å². The predicted octanol–water partition coefficient (Wildman–Crippen LogP) is -1.24. The fourth-order valence-corrected chi connectivity index (χ4v) is 1.53. The second-order valence-corrected chi connectivity index (χ2v) is 4.39. The Labute approximate surface area is 84.2 Å². The first-order valence-electron chi connectivity index (χ1n) is 5.14. The van der Waals surface area contributed by atoms with Gasteiger partial charge in [0.05, 0.1) is 5.54 Å². The monoisotopic (exact) mass is 198 g/mol. The highest BCUT2D eigenvalue weighted by atomic mass is 16.2. The van der Waals surface area contributed by atoms with Crippen LogP contribution in [-0.4, -0.2) is 54.6 Å². The number of likely N-dealkylation sites (N-methyl/N-ethyl adjacent to an activating group) is 1. The van der Waals surface area contributed by atoms with E-state index in [9.17, 15) is 4.79 Å². The van der Waals surface area contributed by atoms with Crippen molar-refractivity contribution in [3.8, 4) is 0 Å². The van der Waals surface area contributed by atoms with Gasteiger partial charge in [0.15, 0.2) is 0 Å². The third kappa shape index (κ3) is 2.05. The molecule has 1 aliphatic carbocycles. The number of nitrogens with zero attached hydrogens (tertiary/aromatic N) is 2. The van der Waals surface area contributed by atoms with Crippen molar-refractivity contribution in [3.63, 3.8) is 0 Å². The van der Waals surface area contributed by atoms with Crippen molar-refractivity contribution < 1.29 is 4.79 Å². The van der Waals surface area contributed by atoms with Gasteiger partial charge in [0.2, 0.25) is 0 Å². The number of carbonyl (C=O) groups is 1. The van der Waals surface area contributed by atoms with Crippen molar-refractivity contribution in [1.82, 2.24) is 15.3 Å². The molecule has 0 radical (unpaired) electrons. The van der Waals surface area contributed by atoms with Crippen LogP contribution in [0.15, 0.2) is 0 Å². The summed E-state index contributed by atoms with van der Waals surface area (Å²) in [7, 11) is 2.09. The average Bonchev–Trinajstić information content (AvgIpc) is 2.89. The number of rotatable bonds is 2. The molecule has 0 aromatic rings. The van der Waals surface area contributed by atoms with Crippen LogP contribution in [0, 0.1) is 0 Å². The number of carbonyl (C=O) groups excluding carboxylic acids is 1. The van der Waals surface area contributed by atoms with E-state index in [0.29, 0.717) is 0 Å². The molecular formula is C9H18N4O. The van der Waals surface area contributed by atoms with E-state index in [1.54, 1.807) is 0 Å². The number of hydrogen-bond donors (Lipinski definition) is 2. The standard InChI is InChI=1S/C9H18N4O/c1-12-4-6-13(7-5-12)11-8(14)9(10)2-3-9/h2-7,10H2,1H3,(H,11,14). The third-order valence-corrected chi connectivity index (χ3v) is 3.00. The molecule has 2 rings (SSSR count). The first-order valence-corrected chi connectivity index (χ1v) is 5.14. The minimum Gasteiger partial charge on any atom is -0.317 e. The normalized spacial score (nSPS) is 27.3. The summed E-state index contributed by atoms with van der Waals surface area (Å²) < 4.78 is 0. The van der Waals surface area contributed by atoms with Crippen molar-refractivity contribution in [3.05, 3.63) is 0 Å². The lowest BCUT2D eigenvalue weighted by Gasteiger charge is -2.33. The van der Waals surface area contributed by atoms with Crippen LogP contribution in [0.3, 0.4) is 0 Å². The van der Waals surface area contributed by atoms with E-state index >= 15 is 0 Å². The molecule has 1 amide bonds. The number of piperazine rings is 1. The maximum atomic E-state index is 11.6. The Morgan fingerprint density at radius 2 is 1.86 bits per heavy atom. The summed E-state index contributed by atoms with van der Waals surface area (Å²) in [6, 6.07) is 0. The number of hydrogen-bond acceptors (Lipinski definition) is 4. The van der Waals surface area contributed by atoms with Crippen LogP contribution in [0.2, 0.25) is 0 Å². The van der Waals surface area contributed by atoms with Crippen LogP contribution >= 0.6 is 0 Å². The lowest BCUT2D eigenvalue weighted by Crippen LogP contribution is -2.56. The lowest BCUT2D eigenvalue weighted by molar-refractivity contribution is -0.129. The Morgan fingerprint density at radius 3 is 2.36 bits per heavy atom. The molecule has 5 heteroatoms. The molecule has 0 atom stereocenters. The SMILES string of the molecule is CN1CCN(NC(=O)C2(N)CC2)CC1. The molecule has 0 spiro atoms. The quantitative estimate of drug-likeness (QED) is 0.582. The zero-order chi connectivity index (χ0) is 10.2. The van der Waals surface area contributed by atoms with Gasteiger partial charge >= 0.3 is 0 Å². The largest absolute Gasteiger partial charge is 0.317 e. The molecule has 0 bridgehead atoms. The van der Waals surface area contributed by atoms with Crippen LogP contribution in [0.1, 0.15) is 12.8 Å². The van der Waals surface area contributed by atoms with E-state index in [1.807, 2.05) is 5.01 Å². The third-order valence-electron chi connectivity index (χ3n) is 3.00. The number of nitrogens with two attached hydrogens (primary N) is 1. The highest BCUT2D eigenvalue weighted by Gasteiger charge is 2.46. The highest BCUT2D eigenvalue weighted by Crippen LogP contribution is 2.32. The van der Waals surface area contributed by atoms with E-state index in [4.69, 9.17) is 5.73 Å². The Morgan fingerprint density at radius 1 is 1.29 bits per heavy atom. The van der Waals surface area contributed by atoms with Gasteiger partial charge < -0.3 is 10.6 Å². The van der Waals surface area contributed by atoms with E-state index in [0.717, 1.165) is 39.0 Å². The summed E-state index contributed by atoms with van der Waals surface area (Å²) in [5, 5.41) is 1.97. The van der Waals surface area contributed by atoms with E-state index < -0.39 is 5.54 Å². The Bertz CT molecular complexity index is 231.